The summed E-state index contributed by atoms with van der Waals surface area (Å²) in [6.45, 7) is 1.32. The number of hydrogen-bond acceptors (Lipinski definition) is 3. The van der Waals surface area contributed by atoms with Crippen LogP contribution in [0.2, 0.25) is 0 Å². The zero-order chi connectivity index (χ0) is 18.5. The minimum absolute atomic E-state index is 0.115. The van der Waals surface area contributed by atoms with Crippen molar-refractivity contribution in [2.75, 3.05) is 25.6 Å². The smallest absolute Gasteiger partial charge is 0.323 e. The average Bonchev–Trinajstić information content (AvgIpc) is 3.22. The van der Waals surface area contributed by atoms with E-state index in [1.807, 2.05) is 18.0 Å². The van der Waals surface area contributed by atoms with Gasteiger partial charge in [-0.2, -0.15) is 5.10 Å². The molecule has 0 saturated carbocycles. The number of ether oxygens (including phenoxy) is 1. The number of halogens is 1. The molecule has 1 fully saturated rings. The summed E-state index contributed by atoms with van der Waals surface area (Å²) >= 11 is 0. The number of nitrogens with one attached hydrogen (secondary N) is 1. The van der Waals surface area contributed by atoms with Crippen molar-refractivity contribution in [3.8, 4) is 0 Å². The number of nitrogens with zero attached hydrogens (tertiary/aromatic N) is 3. The molecule has 1 aromatic carbocycles. The van der Waals surface area contributed by atoms with Gasteiger partial charge in [0.15, 0.2) is 0 Å². The standard InChI is InChI=1S/C19H25FN4O2/c1-23-18(13-16(22-23)9-11-26-2)21-19(25)24-10-3-4-17(24)12-14-5-7-15(20)8-6-14/h5-8,13,17H,3-4,9-12H2,1-2H3,(H,21,25). The van der Waals surface area contributed by atoms with Gasteiger partial charge in [-0.15, -0.1) is 0 Å². The number of methoxy groups -OCH3 is 1. The first-order chi connectivity index (χ1) is 12.6. The Morgan fingerprint density at radius 3 is 2.88 bits per heavy atom. The Hall–Kier alpha value is -2.41. The van der Waals surface area contributed by atoms with Crippen molar-refractivity contribution in [1.82, 2.24) is 14.7 Å². The third-order valence-corrected chi connectivity index (χ3v) is 4.75. The third kappa shape index (κ3) is 4.40. The zero-order valence-electron chi connectivity index (χ0n) is 15.2. The molecule has 140 valence electrons. The fourth-order valence-corrected chi connectivity index (χ4v) is 3.36. The van der Waals surface area contributed by atoms with Crippen molar-refractivity contribution in [2.45, 2.75) is 31.7 Å². The fourth-order valence-electron chi connectivity index (χ4n) is 3.36. The molecule has 1 atom stereocenters. The van der Waals surface area contributed by atoms with E-state index >= 15 is 0 Å². The Morgan fingerprint density at radius 2 is 2.15 bits per heavy atom. The maximum Gasteiger partial charge on any atom is 0.323 e. The Balaban J connectivity index is 1.63. The average molecular weight is 360 g/mol. The lowest BCUT2D eigenvalue weighted by molar-refractivity contribution is 0.201. The van der Waals surface area contributed by atoms with Crippen molar-refractivity contribution in [3.05, 3.63) is 47.4 Å². The predicted molar refractivity (Wildman–Crippen MR) is 97.6 cm³/mol. The maximum atomic E-state index is 13.1. The monoisotopic (exact) mass is 360 g/mol. The van der Waals surface area contributed by atoms with E-state index < -0.39 is 0 Å². The fraction of sp³-hybridized carbons (Fsp3) is 0.474. The van der Waals surface area contributed by atoms with Gasteiger partial charge in [-0.25, -0.2) is 9.18 Å². The molecule has 7 heteroatoms. The molecule has 6 nitrogen and oxygen atoms in total. The highest BCUT2D eigenvalue weighted by Crippen LogP contribution is 2.23. The van der Waals surface area contributed by atoms with Crippen LogP contribution < -0.4 is 5.32 Å². The molecule has 2 heterocycles. The Bertz CT molecular complexity index is 744. The summed E-state index contributed by atoms with van der Waals surface area (Å²) in [7, 11) is 3.46. The van der Waals surface area contributed by atoms with Gasteiger partial charge in [0.25, 0.3) is 0 Å². The van der Waals surface area contributed by atoms with Gasteiger partial charge in [0, 0.05) is 39.2 Å². The van der Waals surface area contributed by atoms with Crippen molar-refractivity contribution < 1.29 is 13.9 Å². The lowest BCUT2D eigenvalue weighted by Gasteiger charge is -2.25. The topological polar surface area (TPSA) is 59.4 Å². The van der Waals surface area contributed by atoms with Crippen molar-refractivity contribution in [3.63, 3.8) is 0 Å². The van der Waals surface area contributed by atoms with E-state index in [1.54, 1.807) is 23.9 Å². The van der Waals surface area contributed by atoms with Crippen molar-refractivity contribution in [1.29, 1.82) is 0 Å². The van der Waals surface area contributed by atoms with Crippen LogP contribution in [0.25, 0.3) is 0 Å². The lowest BCUT2D eigenvalue weighted by atomic mass is 10.0. The number of anilines is 1. The molecule has 1 saturated heterocycles. The molecule has 2 aromatic rings. The van der Waals surface area contributed by atoms with Crippen LogP contribution in [0, 0.1) is 5.82 Å². The third-order valence-electron chi connectivity index (χ3n) is 4.75. The van der Waals surface area contributed by atoms with Gasteiger partial charge in [-0.1, -0.05) is 12.1 Å². The Kier molecular flexibility index (Phi) is 5.88. The molecule has 0 aliphatic carbocycles. The van der Waals surface area contributed by atoms with E-state index in [0.717, 1.165) is 37.1 Å². The number of benzene rings is 1. The second-order valence-corrected chi connectivity index (χ2v) is 6.64. The summed E-state index contributed by atoms with van der Waals surface area (Å²) in [5, 5.41) is 7.35. The highest BCUT2D eigenvalue weighted by Gasteiger charge is 2.29. The maximum absolute atomic E-state index is 13.1. The lowest BCUT2D eigenvalue weighted by Crippen LogP contribution is -2.40. The molecule has 0 spiro atoms. The summed E-state index contributed by atoms with van der Waals surface area (Å²) in [6, 6.07) is 8.39. The number of hydrogen-bond donors (Lipinski definition) is 1. The van der Waals surface area contributed by atoms with Crippen LogP contribution in [0.15, 0.2) is 30.3 Å². The molecule has 1 N–H and O–H groups in total. The summed E-state index contributed by atoms with van der Waals surface area (Å²) in [4.78, 5) is 14.6. The molecule has 3 rings (SSSR count). The van der Waals surface area contributed by atoms with E-state index in [1.165, 1.54) is 12.1 Å². The number of urea groups is 1. The summed E-state index contributed by atoms with van der Waals surface area (Å²) in [6.07, 6.45) is 3.37. The minimum Gasteiger partial charge on any atom is -0.384 e. The molecule has 1 aromatic heterocycles. The molecular formula is C19H25FN4O2. The van der Waals surface area contributed by atoms with Crippen LogP contribution in [0.4, 0.5) is 15.0 Å². The van der Waals surface area contributed by atoms with Crippen LogP contribution in [0.5, 0.6) is 0 Å². The highest BCUT2D eigenvalue weighted by molar-refractivity contribution is 5.89. The van der Waals surface area contributed by atoms with Gasteiger partial charge >= 0.3 is 6.03 Å². The van der Waals surface area contributed by atoms with Crippen LogP contribution in [0.3, 0.4) is 0 Å². The van der Waals surface area contributed by atoms with Gasteiger partial charge in [-0.3, -0.25) is 10.00 Å². The molecular weight excluding hydrogens is 335 g/mol. The highest BCUT2D eigenvalue weighted by atomic mass is 19.1. The van der Waals surface area contributed by atoms with E-state index in [4.69, 9.17) is 4.74 Å². The van der Waals surface area contributed by atoms with E-state index in [0.29, 0.717) is 18.8 Å². The number of carbonyl (C=O) groups is 1. The molecule has 0 bridgehead atoms. The van der Waals surface area contributed by atoms with Crippen LogP contribution >= 0.6 is 0 Å². The zero-order valence-corrected chi connectivity index (χ0v) is 15.2. The molecule has 26 heavy (non-hydrogen) atoms. The number of aromatic nitrogens is 2. The number of rotatable bonds is 6. The molecule has 1 unspecified atom stereocenters. The van der Waals surface area contributed by atoms with Crippen molar-refractivity contribution >= 4 is 11.8 Å². The number of amides is 2. The van der Waals surface area contributed by atoms with E-state index in [2.05, 4.69) is 10.4 Å². The van der Waals surface area contributed by atoms with Gasteiger partial charge in [0.1, 0.15) is 11.6 Å². The van der Waals surface area contributed by atoms with Crippen molar-refractivity contribution in [2.24, 2.45) is 7.05 Å². The second-order valence-electron chi connectivity index (χ2n) is 6.64. The summed E-state index contributed by atoms with van der Waals surface area (Å²) < 4.78 is 19.8. The van der Waals surface area contributed by atoms with Crippen LogP contribution in [-0.4, -0.2) is 47.0 Å². The van der Waals surface area contributed by atoms with Gasteiger partial charge < -0.3 is 9.64 Å². The first-order valence-corrected chi connectivity index (χ1v) is 8.90. The normalized spacial score (nSPS) is 16.9. The molecule has 2 amide bonds. The summed E-state index contributed by atoms with van der Waals surface area (Å²) in [5.41, 5.74) is 1.92. The second kappa shape index (κ2) is 8.31. The number of carbonyl (C=O) groups excluding carboxylic acids is 1. The summed E-state index contributed by atoms with van der Waals surface area (Å²) in [5.74, 6) is 0.434. The van der Waals surface area contributed by atoms with Crippen LogP contribution in [-0.2, 0) is 24.6 Å². The molecule has 1 aliphatic rings. The molecule has 0 radical (unpaired) electrons. The number of aryl methyl sites for hydroxylation is 1. The molecule has 1 aliphatic heterocycles. The Labute approximate surface area is 152 Å². The van der Waals surface area contributed by atoms with E-state index in [9.17, 15) is 9.18 Å². The number of likely N-dealkylation sites (tertiary alicyclic amines) is 1. The first-order valence-electron chi connectivity index (χ1n) is 8.90. The van der Waals surface area contributed by atoms with Gasteiger partial charge in [0.2, 0.25) is 0 Å². The predicted octanol–water partition coefficient (Wildman–Crippen LogP) is 2.99. The Morgan fingerprint density at radius 1 is 1.38 bits per heavy atom. The quantitative estimate of drug-likeness (QED) is 0.862. The van der Waals surface area contributed by atoms with Gasteiger partial charge in [-0.05, 0) is 37.0 Å². The van der Waals surface area contributed by atoms with Gasteiger partial charge in [0.05, 0.1) is 12.3 Å². The largest absolute Gasteiger partial charge is 0.384 e. The van der Waals surface area contributed by atoms with Crippen LogP contribution in [0.1, 0.15) is 24.1 Å². The first kappa shape index (κ1) is 18.4. The van der Waals surface area contributed by atoms with E-state index in [-0.39, 0.29) is 17.9 Å². The minimum atomic E-state index is -0.241. The SMILES string of the molecule is COCCc1cc(NC(=O)N2CCCC2Cc2ccc(F)cc2)n(C)n1.